The minimum Gasteiger partial charge on any atom is -0.480 e. The summed E-state index contributed by atoms with van der Waals surface area (Å²) in [6.45, 7) is 6.90. The Morgan fingerprint density at radius 1 is 1.39 bits per heavy atom. The van der Waals surface area contributed by atoms with E-state index in [9.17, 15) is 4.79 Å². The number of nitrogens with zero attached hydrogens (tertiary/aromatic N) is 3. The van der Waals surface area contributed by atoms with Crippen molar-refractivity contribution in [3.8, 4) is 0 Å². The molecule has 1 aromatic heterocycles. The SMILES string of the molecule is Cc1ncsc1CCN1CCN(CC(=O)O)CC1. The van der Waals surface area contributed by atoms with Gasteiger partial charge in [0.05, 0.1) is 17.7 Å². The number of thiazole rings is 1. The van der Waals surface area contributed by atoms with E-state index in [1.807, 2.05) is 10.4 Å². The molecule has 0 aliphatic carbocycles. The van der Waals surface area contributed by atoms with E-state index in [0.29, 0.717) is 0 Å². The standard InChI is InChI=1S/C12H19N3O2S/c1-10-11(18-9-13-10)2-3-14-4-6-15(7-5-14)8-12(16)17/h9H,2-8H2,1H3,(H,16,17). The normalized spacial score (nSPS) is 18.1. The second kappa shape index (κ2) is 6.26. The summed E-state index contributed by atoms with van der Waals surface area (Å²) in [6.07, 6.45) is 1.05. The van der Waals surface area contributed by atoms with Crippen LogP contribution < -0.4 is 0 Å². The van der Waals surface area contributed by atoms with Gasteiger partial charge in [-0.2, -0.15) is 0 Å². The van der Waals surface area contributed by atoms with Crippen LogP contribution in [0.3, 0.4) is 0 Å². The predicted octanol–water partition coefficient (Wildman–Crippen LogP) is 0.696. The van der Waals surface area contributed by atoms with Crippen LogP contribution in [0.25, 0.3) is 0 Å². The number of aryl methyl sites for hydroxylation is 1. The van der Waals surface area contributed by atoms with Gasteiger partial charge in [0.25, 0.3) is 0 Å². The zero-order valence-corrected chi connectivity index (χ0v) is 11.4. The molecule has 100 valence electrons. The first-order valence-corrected chi connectivity index (χ1v) is 7.08. The number of hydrogen-bond acceptors (Lipinski definition) is 5. The molecule has 0 amide bonds. The summed E-state index contributed by atoms with van der Waals surface area (Å²) in [4.78, 5) is 20.6. The second-order valence-corrected chi connectivity index (χ2v) is 5.56. The van der Waals surface area contributed by atoms with Gasteiger partial charge in [-0.05, 0) is 13.3 Å². The minimum absolute atomic E-state index is 0.168. The van der Waals surface area contributed by atoms with Crippen molar-refractivity contribution in [3.63, 3.8) is 0 Å². The first-order valence-electron chi connectivity index (χ1n) is 6.20. The van der Waals surface area contributed by atoms with Crippen molar-refractivity contribution in [3.05, 3.63) is 16.1 Å². The van der Waals surface area contributed by atoms with Gasteiger partial charge in [0.15, 0.2) is 0 Å². The largest absolute Gasteiger partial charge is 0.480 e. The monoisotopic (exact) mass is 269 g/mol. The third-order valence-electron chi connectivity index (χ3n) is 3.32. The van der Waals surface area contributed by atoms with Crippen LogP contribution in [-0.2, 0) is 11.2 Å². The summed E-state index contributed by atoms with van der Waals surface area (Å²) in [5.74, 6) is -0.733. The van der Waals surface area contributed by atoms with Gasteiger partial charge in [0.1, 0.15) is 0 Å². The fraction of sp³-hybridized carbons (Fsp3) is 0.667. The van der Waals surface area contributed by atoms with E-state index in [2.05, 4.69) is 16.8 Å². The molecule has 5 nitrogen and oxygen atoms in total. The highest BCUT2D eigenvalue weighted by Crippen LogP contribution is 2.13. The van der Waals surface area contributed by atoms with Crippen LogP contribution in [0.5, 0.6) is 0 Å². The highest BCUT2D eigenvalue weighted by atomic mass is 32.1. The maximum Gasteiger partial charge on any atom is 0.317 e. The third-order valence-corrected chi connectivity index (χ3v) is 4.32. The number of carbonyl (C=O) groups is 1. The predicted molar refractivity (Wildman–Crippen MR) is 71.1 cm³/mol. The van der Waals surface area contributed by atoms with Crippen molar-refractivity contribution in [2.75, 3.05) is 39.3 Å². The third kappa shape index (κ3) is 3.76. The molecule has 1 aliphatic rings. The van der Waals surface area contributed by atoms with Crippen LogP contribution >= 0.6 is 11.3 Å². The van der Waals surface area contributed by atoms with Crippen molar-refractivity contribution >= 4 is 17.3 Å². The minimum atomic E-state index is -0.733. The van der Waals surface area contributed by atoms with E-state index in [4.69, 9.17) is 5.11 Å². The van der Waals surface area contributed by atoms with Crippen molar-refractivity contribution in [1.82, 2.24) is 14.8 Å². The molecule has 1 N–H and O–H groups in total. The molecule has 0 aromatic carbocycles. The van der Waals surface area contributed by atoms with Gasteiger partial charge in [0, 0.05) is 37.6 Å². The molecule has 2 heterocycles. The molecular weight excluding hydrogens is 250 g/mol. The summed E-state index contributed by atoms with van der Waals surface area (Å²) in [5, 5.41) is 8.73. The lowest BCUT2D eigenvalue weighted by atomic mass is 10.2. The molecule has 1 fully saturated rings. The second-order valence-electron chi connectivity index (χ2n) is 4.62. The lowest BCUT2D eigenvalue weighted by Crippen LogP contribution is -2.48. The first kappa shape index (κ1) is 13.5. The van der Waals surface area contributed by atoms with Crippen LogP contribution in [-0.4, -0.2) is 65.1 Å². The van der Waals surface area contributed by atoms with Crippen LogP contribution in [0.1, 0.15) is 10.6 Å². The molecule has 1 saturated heterocycles. The number of rotatable bonds is 5. The fourth-order valence-corrected chi connectivity index (χ4v) is 2.96. The van der Waals surface area contributed by atoms with Crippen LogP contribution in [0.15, 0.2) is 5.51 Å². The molecule has 2 rings (SSSR count). The Labute approximate surface area is 111 Å². The van der Waals surface area contributed by atoms with E-state index in [-0.39, 0.29) is 6.54 Å². The summed E-state index contributed by atoms with van der Waals surface area (Å²) in [5.41, 5.74) is 3.04. The van der Waals surface area contributed by atoms with Crippen LogP contribution in [0.4, 0.5) is 0 Å². The molecule has 6 heteroatoms. The van der Waals surface area contributed by atoms with Crippen LogP contribution in [0, 0.1) is 6.92 Å². The zero-order chi connectivity index (χ0) is 13.0. The van der Waals surface area contributed by atoms with Gasteiger partial charge in [-0.1, -0.05) is 0 Å². The number of piperazine rings is 1. The average molecular weight is 269 g/mol. The van der Waals surface area contributed by atoms with E-state index >= 15 is 0 Å². The Morgan fingerprint density at radius 2 is 2.06 bits per heavy atom. The van der Waals surface area contributed by atoms with Gasteiger partial charge in [0.2, 0.25) is 0 Å². The van der Waals surface area contributed by atoms with Crippen molar-refractivity contribution in [2.24, 2.45) is 0 Å². The van der Waals surface area contributed by atoms with Crippen molar-refractivity contribution < 1.29 is 9.90 Å². The number of carboxylic acid groups (broad SMARTS) is 1. The molecule has 0 radical (unpaired) electrons. The molecular formula is C12H19N3O2S. The maximum atomic E-state index is 10.6. The highest BCUT2D eigenvalue weighted by molar-refractivity contribution is 7.09. The number of aromatic nitrogens is 1. The maximum absolute atomic E-state index is 10.6. The van der Waals surface area contributed by atoms with Gasteiger partial charge in [-0.15, -0.1) is 11.3 Å². The lowest BCUT2D eigenvalue weighted by molar-refractivity contribution is -0.138. The summed E-state index contributed by atoms with van der Waals surface area (Å²) in [6, 6.07) is 0. The Hall–Kier alpha value is -0.980. The van der Waals surface area contributed by atoms with Crippen molar-refractivity contribution in [1.29, 1.82) is 0 Å². The smallest absolute Gasteiger partial charge is 0.317 e. The summed E-state index contributed by atoms with van der Waals surface area (Å²) >= 11 is 1.72. The van der Waals surface area contributed by atoms with Crippen LogP contribution in [0.2, 0.25) is 0 Å². The molecule has 0 bridgehead atoms. The van der Waals surface area contributed by atoms with Gasteiger partial charge >= 0.3 is 5.97 Å². The molecule has 1 aromatic rings. The van der Waals surface area contributed by atoms with Gasteiger partial charge in [-0.3, -0.25) is 9.69 Å². The molecule has 0 unspecified atom stereocenters. The van der Waals surface area contributed by atoms with Gasteiger partial charge in [-0.25, -0.2) is 4.98 Å². The van der Waals surface area contributed by atoms with E-state index < -0.39 is 5.97 Å². The first-order chi connectivity index (χ1) is 8.65. The highest BCUT2D eigenvalue weighted by Gasteiger charge is 2.18. The Balaban J connectivity index is 1.71. The van der Waals surface area contributed by atoms with E-state index in [1.165, 1.54) is 4.88 Å². The topological polar surface area (TPSA) is 56.7 Å². The molecule has 0 saturated carbocycles. The summed E-state index contributed by atoms with van der Waals surface area (Å²) < 4.78 is 0. The molecule has 1 aliphatic heterocycles. The number of carboxylic acids is 1. The quantitative estimate of drug-likeness (QED) is 0.852. The molecule has 18 heavy (non-hydrogen) atoms. The van der Waals surface area contributed by atoms with Gasteiger partial charge < -0.3 is 10.0 Å². The fourth-order valence-electron chi connectivity index (χ4n) is 2.19. The average Bonchev–Trinajstić information content (AvgIpc) is 2.73. The molecule has 0 spiro atoms. The van der Waals surface area contributed by atoms with E-state index in [0.717, 1.165) is 44.8 Å². The van der Waals surface area contributed by atoms with Crippen molar-refractivity contribution in [2.45, 2.75) is 13.3 Å². The summed E-state index contributed by atoms with van der Waals surface area (Å²) in [7, 11) is 0. The number of hydrogen-bond donors (Lipinski definition) is 1. The Bertz CT molecular complexity index is 400. The van der Waals surface area contributed by atoms with E-state index in [1.54, 1.807) is 11.3 Å². The lowest BCUT2D eigenvalue weighted by Gasteiger charge is -2.33. The molecule has 0 atom stereocenters. The zero-order valence-electron chi connectivity index (χ0n) is 10.6. The Morgan fingerprint density at radius 3 is 2.61 bits per heavy atom. The Kier molecular flexibility index (Phi) is 4.68. The number of aliphatic carboxylic acids is 1.